The second kappa shape index (κ2) is 32.6. The fourth-order valence-corrected chi connectivity index (χ4v) is 7.45. The lowest BCUT2D eigenvalue weighted by atomic mass is 10.0. The Bertz CT molecular complexity index is 915. The second-order valence-electron chi connectivity index (χ2n) is 15.3. The third-order valence-electron chi connectivity index (χ3n) is 10.7. The summed E-state index contributed by atoms with van der Waals surface area (Å²) in [7, 11) is 0. The molecule has 1 aromatic heterocycles. The molecule has 276 valence electrons. The normalized spacial score (nSPS) is 11.5. The van der Waals surface area contributed by atoms with E-state index in [1.165, 1.54) is 216 Å². The molecule has 2 heteroatoms. The molecule has 0 atom stereocenters. The van der Waals surface area contributed by atoms with E-state index in [0.717, 1.165) is 25.8 Å². The Balaban J connectivity index is 1.55. The lowest BCUT2D eigenvalue weighted by molar-refractivity contribution is 0.513. The van der Waals surface area contributed by atoms with Crippen LogP contribution in [-0.4, -0.2) is 9.55 Å². The van der Waals surface area contributed by atoms with Gasteiger partial charge in [0.05, 0.1) is 5.69 Å². The standard InChI is InChI=1S/C46H82N2/c1-3-5-7-9-11-13-15-17-18-19-20-22-24-26-28-30-35-42-48-43-45(40-36-39-44-37-32-31-33-38-44)47-46(48)41-34-29-27-25-23-21-16-14-12-10-8-6-4-2/h31-33,37-38,43H,3-30,34-36,39-42H2,1-2H3. The van der Waals surface area contributed by atoms with E-state index < -0.39 is 0 Å². The fourth-order valence-electron chi connectivity index (χ4n) is 7.45. The topological polar surface area (TPSA) is 17.8 Å². The molecule has 0 aliphatic heterocycles. The summed E-state index contributed by atoms with van der Waals surface area (Å²) in [5, 5.41) is 0. The van der Waals surface area contributed by atoms with Gasteiger partial charge in [0, 0.05) is 19.2 Å². The van der Waals surface area contributed by atoms with Crippen molar-refractivity contribution in [3.8, 4) is 0 Å². The number of unbranched alkanes of at least 4 members (excludes halogenated alkanes) is 28. The quantitative estimate of drug-likeness (QED) is 0.0664. The van der Waals surface area contributed by atoms with Crippen LogP contribution in [0.4, 0.5) is 0 Å². The third-order valence-corrected chi connectivity index (χ3v) is 10.7. The molecule has 0 fully saturated rings. The van der Waals surface area contributed by atoms with E-state index in [0.29, 0.717) is 0 Å². The average Bonchev–Trinajstić information content (AvgIpc) is 3.49. The molecule has 0 N–H and O–H groups in total. The molecule has 0 aliphatic carbocycles. The van der Waals surface area contributed by atoms with Crippen LogP contribution in [0.1, 0.15) is 230 Å². The molecule has 0 radical (unpaired) electrons. The van der Waals surface area contributed by atoms with Crippen molar-refractivity contribution in [2.45, 2.75) is 239 Å². The van der Waals surface area contributed by atoms with Gasteiger partial charge >= 0.3 is 0 Å². The smallest absolute Gasteiger partial charge is 0.108 e. The number of benzene rings is 1. The molecule has 0 bridgehead atoms. The first-order chi connectivity index (χ1) is 23.8. The Morgan fingerprint density at radius 1 is 0.396 bits per heavy atom. The van der Waals surface area contributed by atoms with Gasteiger partial charge in [-0.1, -0.05) is 224 Å². The minimum Gasteiger partial charge on any atom is -0.335 e. The maximum Gasteiger partial charge on any atom is 0.108 e. The van der Waals surface area contributed by atoms with E-state index in [4.69, 9.17) is 4.98 Å². The lowest BCUT2D eigenvalue weighted by Crippen LogP contribution is -2.03. The van der Waals surface area contributed by atoms with Crippen molar-refractivity contribution in [3.05, 3.63) is 53.6 Å². The maximum atomic E-state index is 5.19. The summed E-state index contributed by atoms with van der Waals surface area (Å²) >= 11 is 0. The van der Waals surface area contributed by atoms with Crippen LogP contribution in [0.5, 0.6) is 0 Å². The number of aromatic nitrogens is 2. The van der Waals surface area contributed by atoms with Crippen LogP contribution in [0.2, 0.25) is 0 Å². The van der Waals surface area contributed by atoms with Crippen molar-refractivity contribution < 1.29 is 0 Å². The van der Waals surface area contributed by atoms with Crippen LogP contribution in [0.25, 0.3) is 0 Å². The molecule has 1 heterocycles. The van der Waals surface area contributed by atoms with Crippen LogP contribution in [0.15, 0.2) is 36.5 Å². The minimum atomic E-state index is 1.10. The van der Waals surface area contributed by atoms with Crippen molar-refractivity contribution in [3.63, 3.8) is 0 Å². The fraction of sp³-hybridized carbons (Fsp3) is 0.804. The van der Waals surface area contributed by atoms with Gasteiger partial charge in [-0.15, -0.1) is 0 Å². The summed E-state index contributed by atoms with van der Waals surface area (Å²) in [4.78, 5) is 5.19. The van der Waals surface area contributed by atoms with E-state index in [2.05, 4.69) is 54.9 Å². The molecule has 2 aromatic rings. The Labute approximate surface area is 301 Å². The number of imidazole rings is 1. The largest absolute Gasteiger partial charge is 0.335 e. The zero-order valence-electron chi connectivity index (χ0n) is 32.6. The van der Waals surface area contributed by atoms with Crippen molar-refractivity contribution in [1.82, 2.24) is 9.55 Å². The van der Waals surface area contributed by atoms with Gasteiger partial charge in [0.25, 0.3) is 0 Å². The minimum absolute atomic E-state index is 1.10. The van der Waals surface area contributed by atoms with Crippen LogP contribution in [0, 0.1) is 0 Å². The number of nitrogens with zero attached hydrogens (tertiary/aromatic N) is 2. The highest BCUT2D eigenvalue weighted by atomic mass is 15.1. The summed E-state index contributed by atoms with van der Waals surface area (Å²) < 4.78 is 2.55. The molecule has 2 nitrogen and oxygen atoms in total. The summed E-state index contributed by atoms with van der Waals surface area (Å²) in [5.41, 5.74) is 2.77. The number of hydrogen-bond acceptors (Lipinski definition) is 1. The SMILES string of the molecule is CCCCCCCCCCCCCCCCCCCn1cc(CCCc2ccccc2)nc1CCCCCCCCCCCCCCC. The van der Waals surface area contributed by atoms with Crippen molar-refractivity contribution in [2.24, 2.45) is 0 Å². The van der Waals surface area contributed by atoms with Gasteiger partial charge in [0.15, 0.2) is 0 Å². The highest BCUT2D eigenvalue weighted by molar-refractivity contribution is 5.15. The molecule has 0 amide bonds. The molecular weight excluding hydrogens is 581 g/mol. The molecule has 0 unspecified atom stereocenters. The Kier molecular flexibility index (Phi) is 29.0. The molecule has 0 spiro atoms. The average molecular weight is 663 g/mol. The molecule has 2 rings (SSSR count). The highest BCUT2D eigenvalue weighted by Crippen LogP contribution is 2.18. The van der Waals surface area contributed by atoms with Gasteiger partial charge in [0.2, 0.25) is 0 Å². The van der Waals surface area contributed by atoms with E-state index in [-0.39, 0.29) is 0 Å². The Morgan fingerprint density at radius 3 is 1.23 bits per heavy atom. The Hall–Kier alpha value is -1.57. The van der Waals surface area contributed by atoms with E-state index in [1.807, 2.05) is 0 Å². The van der Waals surface area contributed by atoms with Crippen LogP contribution < -0.4 is 0 Å². The van der Waals surface area contributed by atoms with Gasteiger partial charge in [-0.3, -0.25) is 0 Å². The summed E-state index contributed by atoms with van der Waals surface area (Å²) in [6.07, 6.45) is 49.9. The summed E-state index contributed by atoms with van der Waals surface area (Å²) in [5.74, 6) is 1.37. The van der Waals surface area contributed by atoms with E-state index in [1.54, 1.807) is 0 Å². The number of rotatable bonds is 36. The van der Waals surface area contributed by atoms with Crippen molar-refractivity contribution >= 4 is 0 Å². The van der Waals surface area contributed by atoms with E-state index in [9.17, 15) is 0 Å². The molecular formula is C46H82N2. The van der Waals surface area contributed by atoms with Gasteiger partial charge < -0.3 is 4.57 Å². The van der Waals surface area contributed by atoms with Crippen LogP contribution >= 0.6 is 0 Å². The van der Waals surface area contributed by atoms with E-state index >= 15 is 0 Å². The third kappa shape index (κ3) is 24.5. The predicted molar refractivity (Wildman–Crippen MR) is 214 cm³/mol. The van der Waals surface area contributed by atoms with Crippen LogP contribution in [0.3, 0.4) is 0 Å². The van der Waals surface area contributed by atoms with Gasteiger partial charge in [-0.25, -0.2) is 4.98 Å². The predicted octanol–water partition coefficient (Wildman–Crippen LogP) is 15.3. The highest BCUT2D eigenvalue weighted by Gasteiger charge is 2.09. The first kappa shape index (κ1) is 42.6. The molecule has 1 aromatic carbocycles. The van der Waals surface area contributed by atoms with Crippen molar-refractivity contribution in [1.29, 1.82) is 0 Å². The first-order valence-electron chi connectivity index (χ1n) is 21.9. The molecule has 48 heavy (non-hydrogen) atoms. The lowest BCUT2D eigenvalue weighted by Gasteiger charge is -2.08. The van der Waals surface area contributed by atoms with Crippen molar-refractivity contribution in [2.75, 3.05) is 0 Å². The van der Waals surface area contributed by atoms with Gasteiger partial charge in [-0.05, 0) is 37.7 Å². The summed E-state index contributed by atoms with van der Waals surface area (Å²) in [6, 6.07) is 11.0. The Morgan fingerprint density at radius 2 is 0.792 bits per heavy atom. The monoisotopic (exact) mass is 663 g/mol. The zero-order chi connectivity index (χ0) is 34.0. The zero-order valence-corrected chi connectivity index (χ0v) is 32.6. The van der Waals surface area contributed by atoms with Crippen LogP contribution in [-0.2, 0) is 25.8 Å². The molecule has 0 saturated carbocycles. The number of aryl methyl sites for hydroxylation is 4. The molecule has 0 aliphatic rings. The first-order valence-corrected chi connectivity index (χ1v) is 21.9. The summed E-state index contributed by atoms with van der Waals surface area (Å²) in [6.45, 7) is 5.78. The second-order valence-corrected chi connectivity index (χ2v) is 15.3. The van der Waals surface area contributed by atoms with Gasteiger partial charge in [0.1, 0.15) is 5.82 Å². The number of hydrogen-bond donors (Lipinski definition) is 0. The maximum absolute atomic E-state index is 5.19. The van der Waals surface area contributed by atoms with Gasteiger partial charge in [-0.2, -0.15) is 0 Å². The molecule has 0 saturated heterocycles.